The third-order valence-electron chi connectivity index (χ3n) is 0.257. The van der Waals surface area contributed by atoms with E-state index in [0.717, 1.165) is 0 Å². The standard InChI is InChI=1S/C3H7O2/c1-3(5)2-4/h3-4H,2H2,1H3/t3-/m0/s1. The second-order valence-electron chi connectivity index (χ2n) is 0.993. The van der Waals surface area contributed by atoms with E-state index >= 15 is 0 Å². The summed E-state index contributed by atoms with van der Waals surface area (Å²) in [7, 11) is 0. The molecule has 0 saturated heterocycles. The first-order chi connectivity index (χ1) is 2.27. The fraction of sp³-hybridized carbons (Fsp3) is 1.00. The average molecular weight is 75.1 g/mol. The van der Waals surface area contributed by atoms with Gasteiger partial charge in [0.2, 0.25) is 0 Å². The fourth-order valence-electron chi connectivity index (χ4n) is 0. The van der Waals surface area contributed by atoms with Gasteiger partial charge in [-0.2, -0.15) is 0 Å². The molecule has 0 bridgehead atoms. The molecule has 0 aromatic carbocycles. The minimum absolute atomic E-state index is 0.250. The van der Waals surface area contributed by atoms with Gasteiger partial charge in [0, 0.05) is 0 Å². The molecule has 0 amide bonds. The van der Waals surface area contributed by atoms with Crippen LogP contribution in [0.2, 0.25) is 0 Å². The van der Waals surface area contributed by atoms with E-state index in [9.17, 15) is 5.11 Å². The molecule has 5 heavy (non-hydrogen) atoms. The first kappa shape index (κ1) is 4.92. The minimum atomic E-state index is -0.810. The Bertz CT molecular complexity index is 18.9. The van der Waals surface area contributed by atoms with Crippen LogP contribution in [0.15, 0.2) is 0 Å². The molecule has 31 valence electrons. The molecule has 0 unspecified atom stereocenters. The Morgan fingerprint density at radius 2 is 2.20 bits per heavy atom. The van der Waals surface area contributed by atoms with Gasteiger partial charge in [0.1, 0.15) is 6.10 Å². The molecule has 2 heteroatoms. The van der Waals surface area contributed by atoms with Crippen molar-refractivity contribution in [3.05, 3.63) is 0 Å². The number of aliphatic hydroxyl groups is 1. The molecular weight excluding hydrogens is 68.0 g/mol. The first-order valence-corrected chi connectivity index (χ1v) is 1.54. The van der Waals surface area contributed by atoms with E-state index in [2.05, 4.69) is 0 Å². The van der Waals surface area contributed by atoms with Crippen LogP contribution in [0.4, 0.5) is 0 Å². The zero-order chi connectivity index (χ0) is 4.28. The maximum atomic E-state index is 9.65. The van der Waals surface area contributed by atoms with Crippen LogP contribution in [0.3, 0.4) is 0 Å². The predicted octanol–water partition coefficient (Wildman–Crippen LogP) is -0.202. The van der Waals surface area contributed by atoms with Crippen LogP contribution in [0.1, 0.15) is 6.92 Å². The van der Waals surface area contributed by atoms with Gasteiger partial charge in [0.05, 0.1) is 6.61 Å². The highest BCUT2D eigenvalue weighted by atomic mass is 16.3. The van der Waals surface area contributed by atoms with Crippen LogP contribution in [0, 0.1) is 0 Å². The number of hydrogen-bond acceptors (Lipinski definition) is 1. The van der Waals surface area contributed by atoms with Crippen LogP contribution in [0.5, 0.6) is 0 Å². The largest absolute Gasteiger partial charge is 0.394 e. The van der Waals surface area contributed by atoms with Gasteiger partial charge in [0.25, 0.3) is 0 Å². The molecule has 0 aromatic heterocycles. The lowest BCUT2D eigenvalue weighted by atomic mass is 10.5. The summed E-state index contributed by atoms with van der Waals surface area (Å²) in [4.78, 5) is 0. The van der Waals surface area contributed by atoms with Crippen LogP contribution < -0.4 is 0 Å². The molecule has 0 aliphatic rings. The Balaban J connectivity index is 2.54. The molecule has 0 aromatic rings. The summed E-state index contributed by atoms with van der Waals surface area (Å²) in [5.41, 5.74) is 0. The third-order valence-corrected chi connectivity index (χ3v) is 0.257. The van der Waals surface area contributed by atoms with Crippen molar-refractivity contribution in [3.63, 3.8) is 0 Å². The Morgan fingerprint density at radius 1 is 2.00 bits per heavy atom. The number of aliphatic hydroxyl groups excluding tert-OH is 1. The van der Waals surface area contributed by atoms with E-state index in [1.807, 2.05) is 0 Å². The summed E-state index contributed by atoms with van der Waals surface area (Å²) in [6.45, 7) is 1.17. The molecule has 1 radical (unpaired) electrons. The van der Waals surface area contributed by atoms with E-state index in [-0.39, 0.29) is 6.61 Å². The van der Waals surface area contributed by atoms with E-state index in [1.165, 1.54) is 6.92 Å². The molecule has 0 fully saturated rings. The Morgan fingerprint density at radius 3 is 2.20 bits per heavy atom. The summed E-state index contributed by atoms with van der Waals surface area (Å²) in [6.07, 6.45) is -0.810. The fourth-order valence-corrected chi connectivity index (χ4v) is 0. The van der Waals surface area contributed by atoms with Gasteiger partial charge in [-0.05, 0) is 6.92 Å². The lowest BCUT2D eigenvalue weighted by molar-refractivity contribution is 0.0491. The Kier molecular flexibility index (Phi) is 2.14. The van der Waals surface area contributed by atoms with E-state index < -0.39 is 6.10 Å². The van der Waals surface area contributed by atoms with Crippen molar-refractivity contribution in [1.82, 2.24) is 0 Å². The van der Waals surface area contributed by atoms with Crippen LogP contribution in [-0.4, -0.2) is 17.8 Å². The molecule has 0 spiro atoms. The highest BCUT2D eigenvalue weighted by Crippen LogP contribution is 1.70. The number of hydrogen-bond donors (Lipinski definition) is 1. The minimum Gasteiger partial charge on any atom is -0.394 e. The van der Waals surface area contributed by atoms with Crippen molar-refractivity contribution in [2.75, 3.05) is 6.61 Å². The summed E-state index contributed by atoms with van der Waals surface area (Å²) in [6, 6.07) is 0. The van der Waals surface area contributed by atoms with Gasteiger partial charge >= 0.3 is 0 Å². The first-order valence-electron chi connectivity index (χ1n) is 1.54. The summed E-state index contributed by atoms with van der Waals surface area (Å²) in [5.74, 6) is 0. The molecule has 2 nitrogen and oxygen atoms in total. The van der Waals surface area contributed by atoms with Crippen molar-refractivity contribution in [1.29, 1.82) is 0 Å². The highest BCUT2D eigenvalue weighted by Gasteiger charge is 1.86. The normalized spacial score (nSPS) is 15.0. The second kappa shape index (κ2) is 2.18. The Hall–Kier alpha value is -0.0800. The van der Waals surface area contributed by atoms with Crippen molar-refractivity contribution in [2.45, 2.75) is 13.0 Å². The molecule has 0 rings (SSSR count). The number of rotatable bonds is 1. The molecule has 0 saturated carbocycles. The molecule has 1 atom stereocenters. The molecule has 0 aliphatic heterocycles. The van der Waals surface area contributed by atoms with Crippen molar-refractivity contribution in [2.24, 2.45) is 0 Å². The van der Waals surface area contributed by atoms with Gasteiger partial charge in [0.15, 0.2) is 0 Å². The average Bonchev–Trinajstić information content (AvgIpc) is 1.38. The molecule has 1 N–H and O–H groups in total. The molecular formula is C3H7O2. The third kappa shape index (κ3) is 3.92. The van der Waals surface area contributed by atoms with Gasteiger partial charge < -0.3 is 5.11 Å². The molecule has 0 aliphatic carbocycles. The van der Waals surface area contributed by atoms with E-state index in [1.54, 1.807) is 0 Å². The predicted molar refractivity (Wildman–Crippen MR) is 17.2 cm³/mol. The van der Waals surface area contributed by atoms with Gasteiger partial charge in [-0.3, -0.25) is 0 Å². The monoisotopic (exact) mass is 75.0 g/mol. The second-order valence-corrected chi connectivity index (χ2v) is 0.993. The summed E-state index contributed by atoms with van der Waals surface area (Å²) >= 11 is 0. The quantitative estimate of drug-likeness (QED) is 0.460. The maximum absolute atomic E-state index is 9.65. The topological polar surface area (TPSA) is 40.1 Å². The van der Waals surface area contributed by atoms with E-state index in [0.29, 0.717) is 0 Å². The zero-order valence-corrected chi connectivity index (χ0v) is 3.14. The maximum Gasteiger partial charge on any atom is 0.113 e. The highest BCUT2D eigenvalue weighted by molar-refractivity contribution is 4.33. The van der Waals surface area contributed by atoms with Gasteiger partial charge in [-0.25, -0.2) is 5.11 Å². The van der Waals surface area contributed by atoms with Crippen molar-refractivity contribution >= 4 is 0 Å². The lowest BCUT2D eigenvalue weighted by Crippen LogP contribution is -2.01. The summed E-state index contributed by atoms with van der Waals surface area (Å²) in [5, 5.41) is 17.5. The van der Waals surface area contributed by atoms with Crippen molar-refractivity contribution < 1.29 is 10.2 Å². The van der Waals surface area contributed by atoms with E-state index in [4.69, 9.17) is 5.11 Å². The SMILES string of the molecule is C[C@H]([O])CO. The van der Waals surface area contributed by atoms with Crippen molar-refractivity contribution in [3.8, 4) is 0 Å². The lowest BCUT2D eigenvalue weighted by Gasteiger charge is -1.85. The summed E-state index contributed by atoms with van der Waals surface area (Å²) < 4.78 is 0. The van der Waals surface area contributed by atoms with Crippen LogP contribution in [0.25, 0.3) is 0 Å². The Labute approximate surface area is 31.1 Å². The zero-order valence-electron chi connectivity index (χ0n) is 3.14. The van der Waals surface area contributed by atoms with Gasteiger partial charge in [-0.1, -0.05) is 0 Å². The van der Waals surface area contributed by atoms with Crippen LogP contribution >= 0.6 is 0 Å². The smallest absolute Gasteiger partial charge is 0.113 e. The van der Waals surface area contributed by atoms with Crippen LogP contribution in [-0.2, 0) is 5.11 Å². The van der Waals surface area contributed by atoms with Gasteiger partial charge in [-0.15, -0.1) is 0 Å². The molecule has 0 heterocycles.